The van der Waals surface area contributed by atoms with E-state index >= 15 is 0 Å². The summed E-state index contributed by atoms with van der Waals surface area (Å²) in [5.74, 6) is -0.841. The van der Waals surface area contributed by atoms with Crippen LogP contribution in [0.15, 0.2) is 41.8 Å². The summed E-state index contributed by atoms with van der Waals surface area (Å²) >= 11 is 3.70. The Labute approximate surface area is 161 Å². The van der Waals surface area contributed by atoms with Crippen LogP contribution in [0.25, 0.3) is 10.1 Å². The van der Waals surface area contributed by atoms with E-state index in [1.165, 1.54) is 25.4 Å². The molecule has 1 aliphatic rings. The van der Waals surface area contributed by atoms with Crippen molar-refractivity contribution in [2.24, 2.45) is 5.92 Å². The van der Waals surface area contributed by atoms with Crippen LogP contribution in [0.4, 0.5) is 0 Å². The van der Waals surface area contributed by atoms with Gasteiger partial charge in [0.2, 0.25) is 0 Å². The summed E-state index contributed by atoms with van der Waals surface area (Å²) in [7, 11) is 0. The molecule has 1 aliphatic heterocycles. The van der Waals surface area contributed by atoms with Crippen molar-refractivity contribution in [1.29, 1.82) is 0 Å². The molecule has 1 atom stereocenters. The van der Waals surface area contributed by atoms with E-state index in [-0.39, 0.29) is 12.0 Å². The van der Waals surface area contributed by atoms with Crippen molar-refractivity contribution in [2.45, 2.75) is 32.2 Å². The summed E-state index contributed by atoms with van der Waals surface area (Å²) in [4.78, 5) is 16.6. The van der Waals surface area contributed by atoms with Gasteiger partial charge in [-0.3, -0.25) is 9.69 Å². The molecule has 0 radical (unpaired) electrons. The van der Waals surface area contributed by atoms with E-state index in [9.17, 15) is 9.90 Å². The van der Waals surface area contributed by atoms with Gasteiger partial charge in [0.25, 0.3) is 0 Å². The molecule has 1 N–H and O–H groups in total. The van der Waals surface area contributed by atoms with Gasteiger partial charge in [-0.25, -0.2) is 0 Å². The molecular formula is C21H23NO2S2. The second-order valence-corrected chi connectivity index (χ2v) is 9.01. The number of thiophene rings is 2. The lowest BCUT2D eigenvalue weighted by Gasteiger charge is -2.36. The van der Waals surface area contributed by atoms with Gasteiger partial charge >= 0.3 is 5.97 Å². The first-order valence-corrected chi connectivity index (χ1v) is 10.9. The Balaban J connectivity index is 1.72. The molecular weight excluding hydrogens is 362 g/mol. The van der Waals surface area contributed by atoms with Crippen LogP contribution >= 0.6 is 22.7 Å². The van der Waals surface area contributed by atoms with E-state index in [2.05, 4.69) is 53.6 Å². The number of fused-ring (bicyclic) bond motifs is 1. The van der Waals surface area contributed by atoms with E-state index in [1.807, 2.05) is 11.3 Å². The monoisotopic (exact) mass is 385 g/mol. The van der Waals surface area contributed by atoms with E-state index in [0.717, 1.165) is 32.4 Å². The summed E-state index contributed by atoms with van der Waals surface area (Å²) in [6.45, 7) is 3.87. The van der Waals surface area contributed by atoms with E-state index in [0.29, 0.717) is 0 Å². The number of carboxylic acid groups (broad SMARTS) is 1. The van der Waals surface area contributed by atoms with Gasteiger partial charge < -0.3 is 5.11 Å². The molecule has 136 valence electrons. The molecule has 4 rings (SSSR count). The highest BCUT2D eigenvalue weighted by Crippen LogP contribution is 2.41. The third-order valence-electron chi connectivity index (χ3n) is 5.35. The largest absolute Gasteiger partial charge is 0.481 e. The second-order valence-electron chi connectivity index (χ2n) is 6.90. The molecule has 0 spiro atoms. The van der Waals surface area contributed by atoms with Crippen LogP contribution in [-0.2, 0) is 11.2 Å². The van der Waals surface area contributed by atoms with Crippen molar-refractivity contribution in [3.8, 4) is 0 Å². The summed E-state index contributed by atoms with van der Waals surface area (Å²) in [6.07, 6.45) is 2.53. The molecule has 3 heterocycles. The molecule has 0 aliphatic carbocycles. The molecule has 5 heteroatoms. The zero-order chi connectivity index (χ0) is 18.1. The van der Waals surface area contributed by atoms with Crippen molar-refractivity contribution in [3.05, 3.63) is 57.1 Å². The first-order chi connectivity index (χ1) is 12.7. The Hall–Kier alpha value is -1.69. The van der Waals surface area contributed by atoms with Gasteiger partial charge in [0.1, 0.15) is 0 Å². The van der Waals surface area contributed by atoms with E-state index in [1.54, 1.807) is 11.3 Å². The van der Waals surface area contributed by atoms with Gasteiger partial charge in [0.15, 0.2) is 0 Å². The third kappa shape index (κ3) is 3.31. The van der Waals surface area contributed by atoms with Gasteiger partial charge in [-0.15, -0.1) is 22.7 Å². The Morgan fingerprint density at radius 3 is 2.69 bits per heavy atom. The van der Waals surface area contributed by atoms with Gasteiger partial charge in [-0.05, 0) is 66.9 Å². The zero-order valence-electron chi connectivity index (χ0n) is 14.9. The quantitative estimate of drug-likeness (QED) is 0.638. The number of piperidine rings is 1. The highest BCUT2D eigenvalue weighted by atomic mass is 32.1. The minimum Gasteiger partial charge on any atom is -0.481 e. The summed E-state index contributed by atoms with van der Waals surface area (Å²) in [5.41, 5.74) is 1.36. The number of nitrogens with zero attached hydrogens (tertiary/aromatic N) is 1. The molecule has 3 nitrogen and oxygen atoms in total. The van der Waals surface area contributed by atoms with Crippen LogP contribution in [0, 0.1) is 5.92 Å². The number of aryl methyl sites for hydroxylation is 1. The molecule has 2 aromatic heterocycles. The number of hydrogen-bond donors (Lipinski definition) is 1. The number of carboxylic acids is 1. The summed E-state index contributed by atoms with van der Waals surface area (Å²) in [5, 5.41) is 12.9. The van der Waals surface area contributed by atoms with E-state index in [4.69, 9.17) is 0 Å². The maximum atomic E-state index is 11.3. The average Bonchev–Trinajstić information content (AvgIpc) is 3.30. The van der Waals surface area contributed by atoms with Crippen molar-refractivity contribution >= 4 is 38.7 Å². The maximum absolute atomic E-state index is 11.3. The fourth-order valence-electron chi connectivity index (χ4n) is 3.88. The molecule has 1 saturated heterocycles. The fourth-order valence-corrected chi connectivity index (χ4v) is 5.96. The summed E-state index contributed by atoms with van der Waals surface area (Å²) in [6, 6.07) is 13.3. The molecule has 3 aromatic rings. The predicted molar refractivity (Wildman–Crippen MR) is 109 cm³/mol. The first kappa shape index (κ1) is 17.7. The fraction of sp³-hybridized carbons (Fsp3) is 0.381. The molecule has 26 heavy (non-hydrogen) atoms. The lowest BCUT2D eigenvalue weighted by Crippen LogP contribution is -2.38. The van der Waals surface area contributed by atoms with Crippen LogP contribution < -0.4 is 0 Å². The van der Waals surface area contributed by atoms with Crippen molar-refractivity contribution in [3.63, 3.8) is 0 Å². The first-order valence-electron chi connectivity index (χ1n) is 9.19. The molecule has 1 unspecified atom stereocenters. The molecule has 0 saturated carbocycles. The minimum atomic E-state index is -0.647. The number of benzene rings is 1. The zero-order valence-corrected chi connectivity index (χ0v) is 16.5. The number of likely N-dealkylation sites (tertiary alicyclic amines) is 1. The smallest absolute Gasteiger partial charge is 0.306 e. The number of rotatable bonds is 5. The Kier molecular flexibility index (Phi) is 5.11. The van der Waals surface area contributed by atoms with Crippen LogP contribution in [0.1, 0.15) is 41.1 Å². The number of carbonyl (C=O) groups is 1. The predicted octanol–water partition coefficient (Wildman–Crippen LogP) is 5.41. The minimum absolute atomic E-state index is 0.194. The molecule has 0 amide bonds. The summed E-state index contributed by atoms with van der Waals surface area (Å²) < 4.78 is 1.32. The van der Waals surface area contributed by atoms with Crippen molar-refractivity contribution < 1.29 is 9.90 Å². The van der Waals surface area contributed by atoms with Crippen molar-refractivity contribution in [2.75, 3.05) is 13.1 Å². The number of aliphatic carboxylic acids is 1. The lowest BCUT2D eigenvalue weighted by atomic mass is 9.93. The van der Waals surface area contributed by atoms with Gasteiger partial charge in [0.05, 0.1) is 12.0 Å². The van der Waals surface area contributed by atoms with Crippen LogP contribution in [0.3, 0.4) is 0 Å². The Morgan fingerprint density at radius 1 is 1.23 bits per heavy atom. The molecule has 1 fully saturated rings. The lowest BCUT2D eigenvalue weighted by molar-refractivity contribution is -0.143. The SMILES string of the molecule is CCc1ccc(C(c2csc3ccccc23)N2CCC(C(=O)O)CC2)s1. The van der Waals surface area contributed by atoms with Gasteiger partial charge in [0, 0.05) is 14.5 Å². The Morgan fingerprint density at radius 2 is 2.00 bits per heavy atom. The van der Waals surface area contributed by atoms with Crippen molar-refractivity contribution in [1.82, 2.24) is 4.90 Å². The standard InChI is InChI=1S/C21H23NO2S2/c1-2-15-7-8-19(26-15)20(22-11-9-14(10-12-22)21(23)24)17-13-25-18-6-4-3-5-16(17)18/h3-8,13-14,20H,2,9-12H2,1H3,(H,23,24). The topological polar surface area (TPSA) is 40.5 Å². The third-order valence-corrected chi connectivity index (χ3v) is 7.61. The van der Waals surface area contributed by atoms with Gasteiger partial charge in [-0.2, -0.15) is 0 Å². The highest BCUT2D eigenvalue weighted by Gasteiger charge is 2.32. The molecule has 0 bridgehead atoms. The maximum Gasteiger partial charge on any atom is 0.306 e. The normalized spacial score (nSPS) is 17.6. The average molecular weight is 386 g/mol. The second kappa shape index (κ2) is 7.51. The van der Waals surface area contributed by atoms with Crippen LogP contribution in [-0.4, -0.2) is 29.1 Å². The van der Waals surface area contributed by atoms with Crippen LogP contribution in [0.5, 0.6) is 0 Å². The molecule has 1 aromatic carbocycles. The Bertz CT molecular complexity index is 906. The van der Waals surface area contributed by atoms with E-state index < -0.39 is 5.97 Å². The highest BCUT2D eigenvalue weighted by molar-refractivity contribution is 7.17. The van der Waals surface area contributed by atoms with Crippen LogP contribution in [0.2, 0.25) is 0 Å². The number of hydrogen-bond acceptors (Lipinski definition) is 4. The van der Waals surface area contributed by atoms with Gasteiger partial charge in [-0.1, -0.05) is 25.1 Å².